The lowest BCUT2D eigenvalue weighted by atomic mass is 10.1. The van der Waals surface area contributed by atoms with E-state index in [9.17, 15) is 18.0 Å². The molecule has 1 amide bonds. The Morgan fingerprint density at radius 1 is 1.19 bits per heavy atom. The van der Waals surface area contributed by atoms with Crippen LogP contribution in [-0.4, -0.2) is 10.9 Å². The maximum Gasteiger partial charge on any atom is 0.416 e. The molecular formula is C15H11F3N2O. The smallest absolute Gasteiger partial charge is 0.304 e. The molecule has 0 radical (unpaired) electrons. The van der Waals surface area contributed by atoms with Crippen LogP contribution in [0.15, 0.2) is 36.5 Å². The first-order chi connectivity index (χ1) is 9.86. The molecular weight excluding hydrogens is 281 g/mol. The van der Waals surface area contributed by atoms with Crippen LogP contribution in [0.1, 0.15) is 27.2 Å². The van der Waals surface area contributed by atoms with E-state index >= 15 is 0 Å². The zero-order chi connectivity index (χ0) is 15.2. The summed E-state index contributed by atoms with van der Waals surface area (Å²) in [5, 5.41) is 0. The van der Waals surface area contributed by atoms with Crippen molar-refractivity contribution in [3.05, 3.63) is 58.9 Å². The number of amides is 1. The number of benzene rings is 1. The highest BCUT2D eigenvalue weighted by molar-refractivity contribution is 6.10. The summed E-state index contributed by atoms with van der Waals surface area (Å²) < 4.78 is 38.2. The van der Waals surface area contributed by atoms with E-state index in [0.717, 1.165) is 17.8 Å². The van der Waals surface area contributed by atoms with E-state index in [-0.39, 0.29) is 12.1 Å². The molecule has 0 saturated heterocycles. The van der Waals surface area contributed by atoms with Crippen LogP contribution in [0.5, 0.6) is 0 Å². The summed E-state index contributed by atoms with van der Waals surface area (Å²) in [6.07, 6.45) is -2.88. The molecule has 0 saturated carbocycles. The average Bonchev–Trinajstić information content (AvgIpc) is 2.75. The second-order valence-corrected chi connectivity index (χ2v) is 4.92. The molecule has 0 atom stereocenters. The summed E-state index contributed by atoms with van der Waals surface area (Å²) in [7, 11) is 0. The Bertz CT molecular complexity index is 725. The lowest BCUT2D eigenvalue weighted by molar-refractivity contribution is -0.137. The number of hydrogen-bond donors (Lipinski definition) is 0. The summed E-state index contributed by atoms with van der Waals surface area (Å²) in [5.41, 5.74) is 1.29. The van der Waals surface area contributed by atoms with E-state index in [4.69, 9.17) is 0 Å². The fourth-order valence-corrected chi connectivity index (χ4v) is 2.38. The second kappa shape index (κ2) is 4.58. The Labute approximate surface area is 119 Å². The molecule has 108 valence electrons. The number of anilines is 1. The Balaban J connectivity index is 1.99. The van der Waals surface area contributed by atoms with Crippen LogP contribution in [-0.2, 0) is 12.7 Å². The van der Waals surface area contributed by atoms with E-state index in [2.05, 4.69) is 4.98 Å². The number of nitrogens with zero attached hydrogens (tertiary/aromatic N) is 2. The maximum atomic E-state index is 12.7. The van der Waals surface area contributed by atoms with Crippen LogP contribution in [0.3, 0.4) is 0 Å². The molecule has 0 aliphatic carbocycles. The quantitative estimate of drug-likeness (QED) is 0.805. The number of alkyl halides is 3. The van der Waals surface area contributed by atoms with Gasteiger partial charge < -0.3 is 4.90 Å². The molecule has 1 aliphatic heterocycles. The molecule has 1 aliphatic rings. The molecule has 3 rings (SSSR count). The topological polar surface area (TPSA) is 33.2 Å². The second-order valence-electron chi connectivity index (χ2n) is 4.92. The monoisotopic (exact) mass is 292 g/mol. The summed E-state index contributed by atoms with van der Waals surface area (Å²) >= 11 is 0. The van der Waals surface area contributed by atoms with Crippen molar-refractivity contribution in [2.24, 2.45) is 0 Å². The van der Waals surface area contributed by atoms with Crippen LogP contribution >= 0.6 is 0 Å². The Morgan fingerprint density at radius 3 is 2.62 bits per heavy atom. The van der Waals surface area contributed by atoms with Crippen LogP contribution in [0.4, 0.5) is 18.9 Å². The molecule has 1 aromatic carbocycles. The molecule has 21 heavy (non-hydrogen) atoms. The minimum atomic E-state index is -4.45. The van der Waals surface area contributed by atoms with Crippen molar-refractivity contribution < 1.29 is 18.0 Å². The minimum absolute atomic E-state index is 0.110. The van der Waals surface area contributed by atoms with Crippen molar-refractivity contribution in [3.8, 4) is 0 Å². The molecule has 0 fully saturated rings. The zero-order valence-electron chi connectivity index (χ0n) is 11.1. The number of halogens is 3. The normalized spacial score (nSPS) is 14.5. The van der Waals surface area contributed by atoms with Crippen LogP contribution < -0.4 is 4.90 Å². The van der Waals surface area contributed by atoms with Gasteiger partial charge in [-0.1, -0.05) is 6.07 Å². The first-order valence-corrected chi connectivity index (χ1v) is 6.31. The molecule has 0 bridgehead atoms. The van der Waals surface area contributed by atoms with Crippen LogP contribution in [0.25, 0.3) is 0 Å². The highest BCUT2D eigenvalue weighted by atomic mass is 19.4. The molecule has 2 aromatic rings. The standard InChI is InChI=1S/C15H11F3N2O/c1-9-6-12(4-5-19-9)20-8-10-2-3-11(15(16,17)18)7-13(10)14(20)21/h2-7H,8H2,1H3. The first kappa shape index (κ1) is 13.6. The minimum Gasteiger partial charge on any atom is -0.304 e. The number of aromatic nitrogens is 1. The van der Waals surface area contributed by atoms with E-state index < -0.39 is 17.6 Å². The molecule has 3 nitrogen and oxygen atoms in total. The molecule has 1 aromatic heterocycles. The summed E-state index contributed by atoms with van der Waals surface area (Å²) in [6, 6.07) is 6.69. The third kappa shape index (κ3) is 2.37. The highest BCUT2D eigenvalue weighted by Gasteiger charge is 2.35. The Kier molecular flexibility index (Phi) is 2.97. The van der Waals surface area contributed by atoms with Crippen LogP contribution in [0.2, 0.25) is 0 Å². The van der Waals surface area contributed by atoms with Gasteiger partial charge in [0.1, 0.15) is 0 Å². The van der Waals surface area contributed by atoms with E-state index in [1.54, 1.807) is 25.3 Å². The number of aryl methyl sites for hydroxylation is 1. The number of carbonyl (C=O) groups excluding carboxylic acids is 1. The zero-order valence-corrected chi connectivity index (χ0v) is 11.1. The van der Waals surface area contributed by atoms with Crippen molar-refractivity contribution in [3.63, 3.8) is 0 Å². The van der Waals surface area contributed by atoms with E-state index in [1.165, 1.54) is 11.0 Å². The van der Waals surface area contributed by atoms with Gasteiger partial charge in [0, 0.05) is 23.1 Å². The Hall–Kier alpha value is -2.37. The van der Waals surface area contributed by atoms with Crippen molar-refractivity contribution in [1.82, 2.24) is 4.98 Å². The average molecular weight is 292 g/mol. The van der Waals surface area contributed by atoms with Gasteiger partial charge in [-0.05, 0) is 36.8 Å². The predicted octanol–water partition coefficient (Wildman–Crippen LogP) is 3.57. The number of carbonyl (C=O) groups is 1. The third-order valence-corrected chi connectivity index (χ3v) is 3.43. The van der Waals surface area contributed by atoms with Gasteiger partial charge in [0.05, 0.1) is 12.1 Å². The highest BCUT2D eigenvalue weighted by Crippen LogP contribution is 2.34. The van der Waals surface area contributed by atoms with Gasteiger partial charge in [0.25, 0.3) is 5.91 Å². The molecule has 2 heterocycles. The van der Waals surface area contributed by atoms with E-state index in [0.29, 0.717) is 11.3 Å². The van der Waals surface area contributed by atoms with Gasteiger partial charge in [-0.25, -0.2) is 0 Å². The summed E-state index contributed by atoms with van der Waals surface area (Å²) in [4.78, 5) is 17.8. The largest absolute Gasteiger partial charge is 0.416 e. The summed E-state index contributed by atoms with van der Waals surface area (Å²) in [5.74, 6) is -0.415. The molecule has 6 heteroatoms. The number of rotatable bonds is 1. The summed E-state index contributed by atoms with van der Waals surface area (Å²) in [6.45, 7) is 2.06. The number of pyridine rings is 1. The van der Waals surface area contributed by atoms with Crippen molar-refractivity contribution >= 4 is 11.6 Å². The van der Waals surface area contributed by atoms with Gasteiger partial charge in [-0.3, -0.25) is 9.78 Å². The lowest BCUT2D eigenvalue weighted by Gasteiger charge is -2.15. The molecule has 0 N–H and O–H groups in total. The molecule has 0 unspecified atom stereocenters. The fourth-order valence-electron chi connectivity index (χ4n) is 2.38. The van der Waals surface area contributed by atoms with Crippen molar-refractivity contribution in [2.45, 2.75) is 19.6 Å². The van der Waals surface area contributed by atoms with Gasteiger partial charge in [-0.15, -0.1) is 0 Å². The first-order valence-electron chi connectivity index (χ1n) is 6.31. The van der Waals surface area contributed by atoms with Crippen molar-refractivity contribution in [1.29, 1.82) is 0 Å². The molecule has 0 spiro atoms. The lowest BCUT2D eigenvalue weighted by Crippen LogP contribution is -2.23. The predicted molar refractivity (Wildman–Crippen MR) is 70.9 cm³/mol. The van der Waals surface area contributed by atoms with Gasteiger partial charge >= 0.3 is 6.18 Å². The van der Waals surface area contributed by atoms with Gasteiger partial charge in [-0.2, -0.15) is 13.2 Å². The number of fused-ring (bicyclic) bond motifs is 1. The van der Waals surface area contributed by atoms with Crippen molar-refractivity contribution in [2.75, 3.05) is 4.90 Å². The Morgan fingerprint density at radius 2 is 1.95 bits per heavy atom. The van der Waals surface area contributed by atoms with Gasteiger partial charge in [0.15, 0.2) is 0 Å². The fraction of sp³-hybridized carbons (Fsp3) is 0.200. The van der Waals surface area contributed by atoms with E-state index in [1.807, 2.05) is 0 Å². The SMILES string of the molecule is Cc1cc(N2Cc3ccc(C(F)(F)F)cc3C2=O)ccn1. The third-order valence-electron chi connectivity index (χ3n) is 3.43. The number of hydrogen-bond acceptors (Lipinski definition) is 2. The maximum absolute atomic E-state index is 12.7. The van der Waals surface area contributed by atoms with Crippen LogP contribution in [0, 0.1) is 6.92 Å². The van der Waals surface area contributed by atoms with Gasteiger partial charge in [0.2, 0.25) is 0 Å².